The van der Waals surface area contributed by atoms with Crippen molar-refractivity contribution in [1.29, 1.82) is 0 Å². The summed E-state index contributed by atoms with van der Waals surface area (Å²) in [5.74, 6) is -0.360. The zero-order valence-corrected chi connectivity index (χ0v) is 19.5. The Hall–Kier alpha value is -3.33. The van der Waals surface area contributed by atoms with Gasteiger partial charge in [0.25, 0.3) is 0 Å². The molecule has 0 aliphatic carbocycles. The van der Waals surface area contributed by atoms with Crippen molar-refractivity contribution in [2.24, 2.45) is 0 Å². The fourth-order valence-electron chi connectivity index (χ4n) is 3.43. The molecule has 1 N–H and O–H groups in total. The number of esters is 1. The fourth-order valence-corrected chi connectivity index (χ4v) is 4.46. The summed E-state index contributed by atoms with van der Waals surface area (Å²) >= 11 is 1.09. The number of rotatable bonds is 12. The minimum atomic E-state index is -0.966. The van der Waals surface area contributed by atoms with Crippen LogP contribution in [-0.2, 0) is 30.3 Å². The first-order valence-electron chi connectivity index (χ1n) is 10.8. The highest BCUT2D eigenvalue weighted by molar-refractivity contribution is 8.15. The normalized spacial score (nSPS) is 16.2. The number of aliphatic carboxylic acids is 1. The molecule has 0 aromatic heterocycles. The second-order valence-corrected chi connectivity index (χ2v) is 9.04. The monoisotopic (exact) mass is 486 g/mol. The number of carbonyl (C=O) groups is 4. The van der Waals surface area contributed by atoms with Gasteiger partial charge in [0.1, 0.15) is 18.1 Å². The van der Waals surface area contributed by atoms with E-state index < -0.39 is 18.0 Å². The largest absolute Gasteiger partial charge is 0.497 e. The number of benzene rings is 2. The maximum absolute atomic E-state index is 12.3. The van der Waals surface area contributed by atoms with Crippen LogP contribution in [0.2, 0.25) is 0 Å². The van der Waals surface area contributed by atoms with Crippen LogP contribution >= 0.6 is 11.8 Å². The molecule has 0 amide bonds. The summed E-state index contributed by atoms with van der Waals surface area (Å²) < 4.78 is 16.7. The van der Waals surface area contributed by atoms with Crippen LogP contribution in [0.15, 0.2) is 48.5 Å². The van der Waals surface area contributed by atoms with Crippen LogP contribution in [0.1, 0.15) is 42.9 Å². The van der Waals surface area contributed by atoms with Gasteiger partial charge in [-0.25, -0.2) is 0 Å². The van der Waals surface area contributed by atoms with Crippen LogP contribution in [0.3, 0.4) is 0 Å². The van der Waals surface area contributed by atoms with E-state index in [4.69, 9.17) is 19.3 Å². The van der Waals surface area contributed by atoms with Crippen LogP contribution in [0, 0.1) is 0 Å². The Labute approximate surface area is 201 Å². The summed E-state index contributed by atoms with van der Waals surface area (Å²) in [6.45, 7) is 0.0443. The van der Waals surface area contributed by atoms with Gasteiger partial charge in [-0.05, 0) is 48.2 Å². The number of carboxylic acid groups (broad SMARTS) is 1. The van der Waals surface area contributed by atoms with E-state index in [1.807, 2.05) is 12.1 Å². The molecular weight excluding hydrogens is 460 g/mol. The van der Waals surface area contributed by atoms with Gasteiger partial charge in [0.05, 0.1) is 18.8 Å². The van der Waals surface area contributed by atoms with Gasteiger partial charge in [0.15, 0.2) is 17.0 Å². The van der Waals surface area contributed by atoms with Crippen molar-refractivity contribution >= 4 is 34.6 Å². The van der Waals surface area contributed by atoms with E-state index in [2.05, 4.69) is 0 Å². The topological polar surface area (TPSA) is 116 Å². The second kappa shape index (κ2) is 12.2. The molecule has 3 rings (SSSR count). The summed E-state index contributed by atoms with van der Waals surface area (Å²) in [5.41, 5.74) is 1.60. The Bertz CT molecular complexity index is 1030. The smallest absolute Gasteiger partial charge is 0.306 e. The van der Waals surface area contributed by atoms with E-state index >= 15 is 0 Å². The third kappa shape index (κ3) is 7.62. The maximum atomic E-state index is 12.3. The molecule has 0 radical (unpaired) electrons. The highest BCUT2D eigenvalue weighted by atomic mass is 32.2. The molecule has 1 unspecified atom stereocenters. The van der Waals surface area contributed by atoms with Crippen molar-refractivity contribution < 1.29 is 38.5 Å². The van der Waals surface area contributed by atoms with Crippen LogP contribution in [0.4, 0.5) is 0 Å². The van der Waals surface area contributed by atoms with E-state index in [1.165, 1.54) is 7.11 Å². The van der Waals surface area contributed by atoms with Crippen molar-refractivity contribution in [3.8, 4) is 11.5 Å². The number of ether oxygens (including phenoxy) is 3. The summed E-state index contributed by atoms with van der Waals surface area (Å²) in [6.07, 6.45) is -0.171. The van der Waals surface area contributed by atoms with Gasteiger partial charge in [0, 0.05) is 12.8 Å². The Balaban J connectivity index is 1.62. The molecule has 1 aliphatic rings. The molecule has 180 valence electrons. The standard InChI is InChI=1S/C25H26O8S/c1-31-19-5-2-4-17(13-19)21(33-24(29)7-3-6-23(27)28)15-32-18-10-8-16(9-11-18)12-22-20(26)14-25(30)34-22/h2,4-5,8-11,13,21-22H,3,6-7,12,14-15H2,1H3,(H,27,28)/t21-,22?/m0/s1. The van der Waals surface area contributed by atoms with Gasteiger partial charge in [-0.15, -0.1) is 0 Å². The fraction of sp³-hybridized carbons (Fsp3) is 0.360. The first-order valence-corrected chi connectivity index (χ1v) is 11.7. The van der Waals surface area contributed by atoms with Gasteiger partial charge < -0.3 is 19.3 Å². The summed E-state index contributed by atoms with van der Waals surface area (Å²) in [7, 11) is 1.54. The van der Waals surface area contributed by atoms with Crippen molar-refractivity contribution in [2.45, 2.75) is 43.5 Å². The Kier molecular flexibility index (Phi) is 9.09. The highest BCUT2D eigenvalue weighted by Gasteiger charge is 2.31. The van der Waals surface area contributed by atoms with E-state index in [0.29, 0.717) is 23.5 Å². The molecule has 0 spiro atoms. The van der Waals surface area contributed by atoms with E-state index in [-0.39, 0.29) is 48.4 Å². The zero-order valence-electron chi connectivity index (χ0n) is 18.7. The van der Waals surface area contributed by atoms with Crippen LogP contribution in [0.5, 0.6) is 11.5 Å². The van der Waals surface area contributed by atoms with Crippen molar-refractivity contribution in [2.75, 3.05) is 13.7 Å². The lowest BCUT2D eigenvalue weighted by Gasteiger charge is -2.20. The highest BCUT2D eigenvalue weighted by Crippen LogP contribution is 2.29. The maximum Gasteiger partial charge on any atom is 0.306 e. The van der Waals surface area contributed by atoms with Crippen molar-refractivity contribution in [1.82, 2.24) is 0 Å². The third-order valence-electron chi connectivity index (χ3n) is 5.21. The zero-order chi connectivity index (χ0) is 24.5. The number of Topliss-reactive ketones (excluding diaryl/α,β-unsaturated/α-hetero) is 1. The quantitative estimate of drug-likeness (QED) is 0.353. The lowest BCUT2D eigenvalue weighted by molar-refractivity contribution is -0.151. The number of carboxylic acids is 1. The minimum Gasteiger partial charge on any atom is -0.497 e. The lowest BCUT2D eigenvalue weighted by atomic mass is 10.1. The van der Waals surface area contributed by atoms with Crippen molar-refractivity contribution in [3.63, 3.8) is 0 Å². The number of thioether (sulfide) groups is 1. The van der Waals surface area contributed by atoms with Crippen LogP contribution in [0.25, 0.3) is 0 Å². The van der Waals surface area contributed by atoms with Crippen LogP contribution < -0.4 is 9.47 Å². The molecule has 2 aromatic carbocycles. The SMILES string of the molecule is COc1cccc([C@H](COc2ccc(CC3SC(=O)CC3=O)cc2)OC(=O)CCCC(=O)O)c1. The number of ketones is 1. The van der Waals surface area contributed by atoms with E-state index in [9.17, 15) is 19.2 Å². The molecule has 1 saturated heterocycles. The van der Waals surface area contributed by atoms with Crippen LogP contribution in [-0.4, -0.2) is 46.9 Å². The molecule has 1 fully saturated rings. The molecule has 0 bridgehead atoms. The summed E-state index contributed by atoms with van der Waals surface area (Å²) in [4.78, 5) is 46.3. The molecule has 9 heteroatoms. The van der Waals surface area contributed by atoms with Gasteiger partial charge in [-0.3, -0.25) is 19.2 Å². The van der Waals surface area contributed by atoms with Gasteiger partial charge in [-0.1, -0.05) is 36.0 Å². The summed E-state index contributed by atoms with van der Waals surface area (Å²) in [6, 6.07) is 14.3. The molecule has 8 nitrogen and oxygen atoms in total. The molecule has 0 saturated carbocycles. The third-order valence-corrected chi connectivity index (χ3v) is 6.33. The minimum absolute atomic E-state index is 0.00276. The molecular formula is C25H26O8S. The molecule has 1 heterocycles. The lowest BCUT2D eigenvalue weighted by Crippen LogP contribution is -2.18. The number of methoxy groups -OCH3 is 1. The Morgan fingerprint density at radius 2 is 1.85 bits per heavy atom. The van der Waals surface area contributed by atoms with Gasteiger partial charge in [-0.2, -0.15) is 0 Å². The number of hydrogen-bond donors (Lipinski definition) is 1. The molecule has 2 aromatic rings. The number of carbonyl (C=O) groups excluding carboxylic acids is 3. The number of hydrogen-bond acceptors (Lipinski definition) is 8. The van der Waals surface area contributed by atoms with Gasteiger partial charge >= 0.3 is 11.9 Å². The average molecular weight is 487 g/mol. The second-order valence-electron chi connectivity index (χ2n) is 7.78. The van der Waals surface area contributed by atoms with E-state index in [0.717, 1.165) is 17.3 Å². The molecule has 2 atom stereocenters. The molecule has 1 aliphatic heterocycles. The van der Waals surface area contributed by atoms with Crippen molar-refractivity contribution in [3.05, 3.63) is 59.7 Å². The first-order chi connectivity index (χ1) is 16.3. The Morgan fingerprint density at radius 1 is 1.09 bits per heavy atom. The Morgan fingerprint density at radius 3 is 2.50 bits per heavy atom. The predicted octanol–water partition coefficient (Wildman–Crippen LogP) is 3.76. The molecule has 34 heavy (non-hydrogen) atoms. The van der Waals surface area contributed by atoms with Gasteiger partial charge in [0.2, 0.25) is 0 Å². The van der Waals surface area contributed by atoms with E-state index in [1.54, 1.807) is 36.4 Å². The average Bonchev–Trinajstić information content (AvgIpc) is 3.13. The summed E-state index contributed by atoms with van der Waals surface area (Å²) in [5, 5.41) is 8.34. The predicted molar refractivity (Wildman–Crippen MR) is 125 cm³/mol. The first kappa shape index (κ1) is 25.3.